The Morgan fingerprint density at radius 1 is 1.37 bits per heavy atom. The summed E-state index contributed by atoms with van der Waals surface area (Å²) in [6.07, 6.45) is 1.92. The van der Waals surface area contributed by atoms with Crippen LogP contribution < -0.4 is 5.32 Å². The smallest absolute Gasteiger partial charge is 0.252 e. The average molecular weight is 257 g/mol. The van der Waals surface area contributed by atoms with Crippen molar-refractivity contribution in [2.75, 3.05) is 0 Å². The van der Waals surface area contributed by atoms with Crippen LogP contribution in [0.4, 0.5) is 0 Å². The lowest BCUT2D eigenvalue weighted by molar-refractivity contribution is 0.0938. The highest BCUT2D eigenvalue weighted by Crippen LogP contribution is 2.12. The first-order valence-electron chi connectivity index (χ1n) is 6.51. The molecule has 0 fully saturated rings. The number of nitrogens with zero attached hydrogens (tertiary/aromatic N) is 2. The molecule has 1 atom stereocenters. The van der Waals surface area contributed by atoms with E-state index in [1.165, 1.54) is 0 Å². The van der Waals surface area contributed by atoms with Crippen LogP contribution in [0.25, 0.3) is 0 Å². The van der Waals surface area contributed by atoms with Crippen LogP contribution in [0.15, 0.2) is 36.5 Å². The van der Waals surface area contributed by atoms with Crippen molar-refractivity contribution in [1.82, 2.24) is 15.1 Å². The highest BCUT2D eigenvalue weighted by Gasteiger charge is 2.14. The van der Waals surface area contributed by atoms with Gasteiger partial charge in [-0.05, 0) is 38.5 Å². The van der Waals surface area contributed by atoms with E-state index in [1.54, 1.807) is 0 Å². The molecule has 1 N–H and O–H groups in total. The Kier molecular flexibility index (Phi) is 4.00. The van der Waals surface area contributed by atoms with Gasteiger partial charge in [-0.3, -0.25) is 9.48 Å². The summed E-state index contributed by atoms with van der Waals surface area (Å²) in [5, 5.41) is 7.38. The predicted octanol–water partition coefficient (Wildman–Crippen LogP) is 2.70. The Hall–Kier alpha value is -2.10. The average Bonchev–Trinajstić information content (AvgIpc) is 2.88. The van der Waals surface area contributed by atoms with E-state index in [4.69, 9.17) is 0 Å². The highest BCUT2D eigenvalue weighted by molar-refractivity contribution is 5.95. The third kappa shape index (κ3) is 3.02. The molecule has 1 amide bonds. The lowest BCUT2D eigenvalue weighted by Gasteiger charge is -2.12. The number of carbonyl (C=O) groups is 1. The van der Waals surface area contributed by atoms with Crippen molar-refractivity contribution in [3.8, 4) is 0 Å². The number of benzene rings is 1. The molecule has 2 rings (SSSR count). The number of amides is 1. The molecule has 4 nitrogen and oxygen atoms in total. The second kappa shape index (κ2) is 5.69. The number of rotatable bonds is 4. The maximum absolute atomic E-state index is 12.2. The molecule has 19 heavy (non-hydrogen) atoms. The van der Waals surface area contributed by atoms with Gasteiger partial charge in [0.25, 0.3) is 5.91 Å². The summed E-state index contributed by atoms with van der Waals surface area (Å²) < 4.78 is 1.85. The summed E-state index contributed by atoms with van der Waals surface area (Å²) in [6.45, 7) is 6.75. The normalized spacial score (nSPS) is 12.2. The van der Waals surface area contributed by atoms with Gasteiger partial charge in [-0.15, -0.1) is 0 Å². The Balaban J connectivity index is 2.08. The SMILES string of the molecule is CCn1ccc(C(C)NC(=O)c2ccccc2C)n1. The summed E-state index contributed by atoms with van der Waals surface area (Å²) in [5.74, 6) is -0.0587. The molecule has 1 heterocycles. The molecule has 0 bridgehead atoms. The Morgan fingerprint density at radius 3 is 2.74 bits per heavy atom. The van der Waals surface area contributed by atoms with Crippen LogP contribution in [-0.4, -0.2) is 15.7 Å². The summed E-state index contributed by atoms with van der Waals surface area (Å²) >= 11 is 0. The second-order valence-electron chi connectivity index (χ2n) is 4.61. The van der Waals surface area contributed by atoms with E-state index in [0.717, 1.165) is 17.8 Å². The van der Waals surface area contributed by atoms with Gasteiger partial charge in [0.1, 0.15) is 0 Å². The second-order valence-corrected chi connectivity index (χ2v) is 4.61. The van der Waals surface area contributed by atoms with Gasteiger partial charge in [-0.1, -0.05) is 18.2 Å². The van der Waals surface area contributed by atoms with E-state index in [0.29, 0.717) is 5.56 Å². The van der Waals surface area contributed by atoms with Gasteiger partial charge in [-0.2, -0.15) is 5.10 Å². The zero-order valence-electron chi connectivity index (χ0n) is 11.6. The van der Waals surface area contributed by atoms with Crippen LogP contribution in [0, 0.1) is 6.92 Å². The fourth-order valence-electron chi connectivity index (χ4n) is 1.96. The van der Waals surface area contributed by atoms with Gasteiger partial charge in [0, 0.05) is 18.3 Å². The van der Waals surface area contributed by atoms with Crippen LogP contribution in [0.1, 0.15) is 41.5 Å². The van der Waals surface area contributed by atoms with Gasteiger partial charge in [0.05, 0.1) is 11.7 Å². The molecule has 1 unspecified atom stereocenters. The van der Waals surface area contributed by atoms with E-state index < -0.39 is 0 Å². The van der Waals surface area contributed by atoms with Gasteiger partial charge in [0.15, 0.2) is 0 Å². The summed E-state index contributed by atoms with van der Waals surface area (Å²) in [4.78, 5) is 12.2. The molecular weight excluding hydrogens is 238 g/mol. The van der Waals surface area contributed by atoms with Gasteiger partial charge in [-0.25, -0.2) is 0 Å². The molecule has 1 aromatic carbocycles. The number of aromatic nitrogens is 2. The molecule has 0 spiro atoms. The maximum atomic E-state index is 12.2. The zero-order valence-corrected chi connectivity index (χ0v) is 11.6. The zero-order chi connectivity index (χ0) is 13.8. The van der Waals surface area contributed by atoms with Crippen molar-refractivity contribution in [3.63, 3.8) is 0 Å². The maximum Gasteiger partial charge on any atom is 0.252 e. The molecule has 0 aliphatic heterocycles. The Labute approximate surface area is 113 Å². The number of nitrogens with one attached hydrogen (secondary N) is 1. The first-order chi connectivity index (χ1) is 9.11. The largest absolute Gasteiger partial charge is 0.344 e. The molecule has 4 heteroatoms. The number of carbonyl (C=O) groups excluding carboxylic acids is 1. The van der Waals surface area contributed by atoms with Crippen LogP contribution in [-0.2, 0) is 6.54 Å². The van der Waals surface area contributed by atoms with Crippen LogP contribution >= 0.6 is 0 Å². The van der Waals surface area contributed by atoms with Crippen molar-refractivity contribution in [3.05, 3.63) is 53.3 Å². The monoisotopic (exact) mass is 257 g/mol. The molecule has 1 aromatic heterocycles. The standard InChI is InChI=1S/C15H19N3O/c1-4-18-10-9-14(17-18)12(3)16-15(19)13-8-6-5-7-11(13)2/h5-10,12H,4H2,1-3H3,(H,16,19). The van der Waals surface area contributed by atoms with E-state index in [9.17, 15) is 4.79 Å². The van der Waals surface area contributed by atoms with Gasteiger partial charge >= 0.3 is 0 Å². The lowest BCUT2D eigenvalue weighted by Crippen LogP contribution is -2.27. The Morgan fingerprint density at radius 2 is 2.11 bits per heavy atom. The number of hydrogen-bond donors (Lipinski definition) is 1. The van der Waals surface area contributed by atoms with Crippen LogP contribution in [0.2, 0.25) is 0 Å². The summed E-state index contributed by atoms with van der Waals surface area (Å²) in [7, 11) is 0. The molecule has 0 radical (unpaired) electrons. The van der Waals surface area contributed by atoms with E-state index in [1.807, 2.05) is 62.0 Å². The molecule has 2 aromatic rings. The fourth-order valence-corrected chi connectivity index (χ4v) is 1.96. The molecule has 100 valence electrons. The van der Waals surface area contributed by atoms with Crippen molar-refractivity contribution in [2.45, 2.75) is 33.4 Å². The number of hydrogen-bond acceptors (Lipinski definition) is 2. The van der Waals surface area contributed by atoms with Crippen LogP contribution in [0.5, 0.6) is 0 Å². The van der Waals surface area contributed by atoms with Crippen molar-refractivity contribution in [2.24, 2.45) is 0 Å². The van der Waals surface area contributed by atoms with Crippen LogP contribution in [0.3, 0.4) is 0 Å². The quantitative estimate of drug-likeness (QED) is 0.915. The molecule has 0 aliphatic carbocycles. The Bertz CT molecular complexity index is 574. The fraction of sp³-hybridized carbons (Fsp3) is 0.333. The van der Waals surface area contributed by atoms with Crippen molar-refractivity contribution >= 4 is 5.91 Å². The van der Waals surface area contributed by atoms with Crippen molar-refractivity contribution in [1.29, 1.82) is 0 Å². The minimum absolute atomic E-state index is 0.0587. The van der Waals surface area contributed by atoms with E-state index >= 15 is 0 Å². The molecule has 0 saturated carbocycles. The van der Waals surface area contributed by atoms with Gasteiger partial charge in [0.2, 0.25) is 0 Å². The molecule has 0 aliphatic rings. The van der Waals surface area contributed by atoms with E-state index in [-0.39, 0.29) is 11.9 Å². The summed E-state index contributed by atoms with van der Waals surface area (Å²) in [5.41, 5.74) is 2.57. The lowest BCUT2D eigenvalue weighted by atomic mass is 10.1. The molecular formula is C15H19N3O. The molecule has 0 saturated heterocycles. The highest BCUT2D eigenvalue weighted by atomic mass is 16.1. The third-order valence-corrected chi connectivity index (χ3v) is 3.17. The topological polar surface area (TPSA) is 46.9 Å². The van der Waals surface area contributed by atoms with Gasteiger partial charge < -0.3 is 5.32 Å². The minimum Gasteiger partial charge on any atom is -0.344 e. The minimum atomic E-state index is -0.0973. The van der Waals surface area contributed by atoms with E-state index in [2.05, 4.69) is 10.4 Å². The number of aryl methyl sites for hydroxylation is 2. The first kappa shape index (κ1) is 13.3. The first-order valence-corrected chi connectivity index (χ1v) is 6.51. The predicted molar refractivity (Wildman–Crippen MR) is 75.0 cm³/mol. The third-order valence-electron chi connectivity index (χ3n) is 3.17. The summed E-state index contributed by atoms with van der Waals surface area (Å²) in [6, 6.07) is 9.41. The van der Waals surface area contributed by atoms with Crippen molar-refractivity contribution < 1.29 is 4.79 Å².